The lowest BCUT2D eigenvalue weighted by molar-refractivity contribution is 1.50. The van der Waals surface area contributed by atoms with E-state index in [2.05, 4.69) is 66.7 Å². The van der Waals surface area contributed by atoms with Crippen LogP contribution in [0.15, 0.2) is 72.8 Å². The first-order valence-corrected chi connectivity index (χ1v) is 10.7. The van der Waals surface area contributed by atoms with Gasteiger partial charge < -0.3 is 0 Å². The van der Waals surface area contributed by atoms with Crippen molar-refractivity contribution < 1.29 is 0 Å². The minimum absolute atomic E-state index is 0.768. The van der Waals surface area contributed by atoms with E-state index < -0.39 is 0 Å². The predicted molar refractivity (Wildman–Crippen MR) is 120 cm³/mol. The number of hydrogen-bond donors (Lipinski definition) is 0. The van der Waals surface area contributed by atoms with Crippen molar-refractivity contribution in [3.8, 4) is 10.6 Å². The molecule has 128 valence electrons. The molecule has 2 heterocycles. The number of nitrogens with zero attached hydrogens (tertiary/aromatic N) is 1. The van der Waals surface area contributed by atoms with Crippen molar-refractivity contribution >= 4 is 75.4 Å². The van der Waals surface area contributed by atoms with Crippen LogP contribution >= 0.6 is 34.3 Å². The first-order valence-electron chi connectivity index (χ1n) is 8.67. The van der Waals surface area contributed by atoms with Gasteiger partial charge in [0, 0.05) is 30.8 Å². The van der Waals surface area contributed by atoms with E-state index in [0.29, 0.717) is 0 Å². The summed E-state index contributed by atoms with van der Waals surface area (Å²) < 4.78 is 3.72. The molecule has 0 saturated carbocycles. The Labute approximate surface area is 168 Å². The molecule has 0 unspecified atom stereocenters. The molecule has 0 saturated heterocycles. The van der Waals surface area contributed by atoms with Crippen LogP contribution in [0.3, 0.4) is 0 Å². The molecule has 0 N–H and O–H groups in total. The van der Waals surface area contributed by atoms with Crippen LogP contribution < -0.4 is 0 Å². The van der Waals surface area contributed by atoms with Gasteiger partial charge in [-0.15, -0.1) is 22.7 Å². The van der Waals surface area contributed by atoms with Crippen molar-refractivity contribution in [2.24, 2.45) is 0 Å². The van der Waals surface area contributed by atoms with Crippen LogP contribution in [0.1, 0.15) is 0 Å². The summed E-state index contributed by atoms with van der Waals surface area (Å²) in [7, 11) is 0. The fraction of sp³-hybridized carbons (Fsp3) is 0. The van der Waals surface area contributed by atoms with Gasteiger partial charge in [-0.3, -0.25) is 0 Å². The first-order chi connectivity index (χ1) is 13.3. The monoisotopic (exact) mass is 401 g/mol. The minimum atomic E-state index is 0.768. The van der Waals surface area contributed by atoms with Gasteiger partial charge in [-0.1, -0.05) is 48.0 Å². The van der Waals surface area contributed by atoms with E-state index >= 15 is 0 Å². The molecule has 27 heavy (non-hydrogen) atoms. The molecule has 0 bridgehead atoms. The number of aromatic nitrogens is 1. The topological polar surface area (TPSA) is 12.9 Å². The number of hydrogen-bond acceptors (Lipinski definition) is 3. The Morgan fingerprint density at radius 3 is 2.44 bits per heavy atom. The lowest BCUT2D eigenvalue weighted by atomic mass is 10.1. The molecule has 0 radical (unpaired) electrons. The number of rotatable bonds is 1. The zero-order valence-corrected chi connectivity index (χ0v) is 16.5. The summed E-state index contributed by atoms with van der Waals surface area (Å²) in [5.74, 6) is 0. The Morgan fingerprint density at radius 1 is 0.704 bits per heavy atom. The summed E-state index contributed by atoms with van der Waals surface area (Å²) in [6.45, 7) is 0. The lowest BCUT2D eigenvalue weighted by Gasteiger charge is -2.00. The zero-order chi connectivity index (χ0) is 18.0. The molecule has 1 nitrogen and oxygen atoms in total. The molecule has 6 rings (SSSR count). The highest BCUT2D eigenvalue weighted by molar-refractivity contribution is 7.26. The van der Waals surface area contributed by atoms with E-state index in [4.69, 9.17) is 16.6 Å². The molecule has 0 atom stereocenters. The second-order valence-corrected chi connectivity index (χ2v) is 9.16. The quantitative estimate of drug-likeness (QED) is 0.271. The molecular weight excluding hydrogens is 390 g/mol. The molecule has 0 spiro atoms. The third kappa shape index (κ3) is 2.39. The molecule has 4 heteroatoms. The summed E-state index contributed by atoms with van der Waals surface area (Å²) in [5.41, 5.74) is 2.25. The SMILES string of the molecule is Clc1ccc2sc3ccc4sc(-c5ccc6ccccc6c5)nc4c3c2c1. The summed E-state index contributed by atoms with van der Waals surface area (Å²) in [6, 6.07) is 25.5. The molecular formula is C23H12ClNS2. The zero-order valence-electron chi connectivity index (χ0n) is 14.1. The molecule has 0 aliphatic carbocycles. The normalized spacial score (nSPS) is 11.9. The van der Waals surface area contributed by atoms with Crippen LogP contribution in [0.5, 0.6) is 0 Å². The Morgan fingerprint density at radius 2 is 1.52 bits per heavy atom. The molecule has 0 amide bonds. The van der Waals surface area contributed by atoms with Gasteiger partial charge in [0.2, 0.25) is 0 Å². The van der Waals surface area contributed by atoms with Crippen molar-refractivity contribution in [2.45, 2.75) is 0 Å². The number of halogens is 1. The van der Waals surface area contributed by atoms with E-state index in [0.717, 1.165) is 15.5 Å². The Balaban J connectivity index is 1.65. The fourth-order valence-corrected chi connectivity index (χ4v) is 5.90. The van der Waals surface area contributed by atoms with Gasteiger partial charge >= 0.3 is 0 Å². The highest BCUT2D eigenvalue weighted by Gasteiger charge is 2.14. The first kappa shape index (κ1) is 15.6. The van der Waals surface area contributed by atoms with Gasteiger partial charge in [0.1, 0.15) is 5.01 Å². The van der Waals surface area contributed by atoms with Gasteiger partial charge in [0.25, 0.3) is 0 Å². The second-order valence-electron chi connectivity index (χ2n) is 6.61. The van der Waals surface area contributed by atoms with Crippen LogP contribution in [0.25, 0.3) is 51.7 Å². The van der Waals surface area contributed by atoms with Gasteiger partial charge in [-0.25, -0.2) is 4.98 Å². The number of thiophene rings is 1. The number of fused-ring (bicyclic) bond motifs is 6. The van der Waals surface area contributed by atoms with E-state index in [1.54, 1.807) is 22.7 Å². The maximum absolute atomic E-state index is 6.27. The van der Waals surface area contributed by atoms with E-state index in [1.807, 2.05) is 6.07 Å². The van der Waals surface area contributed by atoms with Crippen molar-refractivity contribution in [3.05, 3.63) is 77.8 Å². The molecule has 0 aliphatic heterocycles. The standard InChI is InChI=1S/C23H12ClNS2/c24-16-7-8-18-17(12-16)21-19(26-18)9-10-20-22(21)25-23(27-20)15-6-5-13-3-1-2-4-14(13)11-15/h1-12H. The average molecular weight is 402 g/mol. The lowest BCUT2D eigenvalue weighted by Crippen LogP contribution is -1.78. The Hall–Kier alpha value is -2.46. The molecule has 2 aromatic heterocycles. The Bertz CT molecular complexity index is 1490. The van der Waals surface area contributed by atoms with E-state index in [1.165, 1.54) is 41.2 Å². The van der Waals surface area contributed by atoms with Crippen molar-refractivity contribution in [1.82, 2.24) is 4.98 Å². The summed E-state index contributed by atoms with van der Waals surface area (Å²) >= 11 is 9.82. The molecule has 0 aliphatic rings. The van der Waals surface area contributed by atoms with Crippen LogP contribution in [0.2, 0.25) is 5.02 Å². The summed E-state index contributed by atoms with van der Waals surface area (Å²) in [6.07, 6.45) is 0. The maximum Gasteiger partial charge on any atom is 0.124 e. The van der Waals surface area contributed by atoms with Gasteiger partial charge in [0.05, 0.1) is 10.2 Å². The minimum Gasteiger partial charge on any atom is -0.235 e. The average Bonchev–Trinajstić information content (AvgIpc) is 3.28. The van der Waals surface area contributed by atoms with Gasteiger partial charge in [0.15, 0.2) is 0 Å². The summed E-state index contributed by atoms with van der Waals surface area (Å²) in [5, 5.41) is 6.74. The summed E-state index contributed by atoms with van der Waals surface area (Å²) in [4.78, 5) is 5.05. The fourth-order valence-electron chi connectivity index (χ4n) is 3.67. The van der Waals surface area contributed by atoms with Gasteiger partial charge in [-0.05, 0) is 47.2 Å². The van der Waals surface area contributed by atoms with Crippen LogP contribution in [0, 0.1) is 0 Å². The predicted octanol–water partition coefficient (Wildman–Crippen LogP) is 8.14. The Kier molecular flexibility index (Phi) is 3.33. The number of benzene rings is 4. The van der Waals surface area contributed by atoms with Crippen molar-refractivity contribution in [2.75, 3.05) is 0 Å². The van der Waals surface area contributed by atoms with Gasteiger partial charge in [-0.2, -0.15) is 0 Å². The largest absolute Gasteiger partial charge is 0.235 e. The van der Waals surface area contributed by atoms with E-state index in [-0.39, 0.29) is 0 Å². The van der Waals surface area contributed by atoms with Crippen LogP contribution in [-0.2, 0) is 0 Å². The maximum atomic E-state index is 6.27. The smallest absolute Gasteiger partial charge is 0.124 e. The molecule has 0 fully saturated rings. The van der Waals surface area contributed by atoms with Crippen LogP contribution in [-0.4, -0.2) is 4.98 Å². The van der Waals surface area contributed by atoms with Crippen LogP contribution in [0.4, 0.5) is 0 Å². The molecule has 4 aromatic carbocycles. The third-order valence-corrected chi connectivity index (χ3v) is 7.39. The third-order valence-electron chi connectivity index (χ3n) is 4.95. The second kappa shape index (κ2) is 5.77. The highest BCUT2D eigenvalue weighted by Crippen LogP contribution is 2.42. The highest BCUT2D eigenvalue weighted by atomic mass is 35.5. The van der Waals surface area contributed by atoms with E-state index in [9.17, 15) is 0 Å². The number of thiazole rings is 1. The molecule has 6 aromatic rings. The van der Waals surface area contributed by atoms with Crippen molar-refractivity contribution in [3.63, 3.8) is 0 Å². The van der Waals surface area contributed by atoms with Crippen molar-refractivity contribution in [1.29, 1.82) is 0 Å².